The van der Waals surface area contributed by atoms with Gasteiger partial charge in [-0.2, -0.15) is 0 Å². The molecule has 0 radical (unpaired) electrons. The third-order valence-electron chi connectivity index (χ3n) is 8.33. The average Bonchev–Trinajstić information content (AvgIpc) is 3.40. The Morgan fingerprint density at radius 1 is 1.11 bits per heavy atom. The predicted molar refractivity (Wildman–Crippen MR) is 130 cm³/mol. The number of ether oxygens (including phenoxy) is 1. The number of likely N-dealkylation sites (tertiary alicyclic amines) is 1. The number of β-amino-alcohol motifs (C(OH)–C–C–N with tert-alkyl or cyclic N) is 1. The lowest BCUT2D eigenvalue weighted by atomic mass is 9.74. The Morgan fingerprint density at radius 3 is 2.51 bits per heavy atom. The Kier molecular flexibility index (Phi) is 6.83. The molecule has 35 heavy (non-hydrogen) atoms. The summed E-state index contributed by atoms with van der Waals surface area (Å²) < 4.78 is 5.50. The fourth-order valence-electron chi connectivity index (χ4n) is 6.38. The first-order valence-corrected chi connectivity index (χ1v) is 12.8. The Bertz CT molecular complexity index is 986. The van der Waals surface area contributed by atoms with E-state index in [1.807, 2.05) is 12.1 Å². The third kappa shape index (κ3) is 4.57. The van der Waals surface area contributed by atoms with Gasteiger partial charge in [0.25, 0.3) is 0 Å². The van der Waals surface area contributed by atoms with Crippen LogP contribution >= 0.6 is 0 Å². The molecule has 4 aliphatic rings. The van der Waals surface area contributed by atoms with E-state index in [-0.39, 0.29) is 30.8 Å². The lowest BCUT2D eigenvalue weighted by molar-refractivity contribution is -0.139. The molecule has 2 amide bonds. The van der Waals surface area contributed by atoms with Gasteiger partial charge < -0.3 is 30.3 Å². The van der Waals surface area contributed by atoms with Crippen LogP contribution in [0.3, 0.4) is 0 Å². The molecule has 3 aliphatic heterocycles. The molecule has 0 spiro atoms. The third-order valence-corrected chi connectivity index (χ3v) is 8.33. The van der Waals surface area contributed by atoms with Gasteiger partial charge >= 0.3 is 0 Å². The van der Waals surface area contributed by atoms with Crippen LogP contribution in [0, 0.1) is 5.92 Å². The molecule has 3 N–H and O–H groups in total. The zero-order valence-corrected chi connectivity index (χ0v) is 20.4. The monoisotopic (exact) mass is 484 g/mol. The van der Waals surface area contributed by atoms with Crippen molar-refractivity contribution in [1.29, 1.82) is 0 Å². The molecule has 0 aromatic heterocycles. The molecule has 3 saturated heterocycles. The molecule has 9 heteroatoms. The highest BCUT2D eigenvalue weighted by Crippen LogP contribution is 2.42. The summed E-state index contributed by atoms with van der Waals surface area (Å²) in [5.74, 6) is -1.49. The number of aliphatic hydroxyl groups excluding tert-OH is 1. The number of nitrogens with zero attached hydrogens (tertiary/aromatic N) is 3. The van der Waals surface area contributed by atoms with Gasteiger partial charge in [0.15, 0.2) is 5.78 Å². The number of rotatable bonds is 5. The van der Waals surface area contributed by atoms with E-state index in [9.17, 15) is 19.5 Å². The summed E-state index contributed by atoms with van der Waals surface area (Å²) in [4.78, 5) is 45.4. The Hall–Kier alpha value is -2.49. The van der Waals surface area contributed by atoms with Crippen molar-refractivity contribution in [2.45, 2.75) is 56.3 Å². The Labute approximate surface area is 206 Å². The topological polar surface area (TPSA) is 116 Å². The van der Waals surface area contributed by atoms with Crippen LogP contribution in [0.25, 0.3) is 0 Å². The van der Waals surface area contributed by atoms with Gasteiger partial charge in [0.2, 0.25) is 11.8 Å². The maximum atomic E-state index is 14.2. The minimum absolute atomic E-state index is 0.0469. The summed E-state index contributed by atoms with van der Waals surface area (Å²) in [7, 11) is 2.10. The molecule has 0 bridgehead atoms. The molecule has 1 aliphatic carbocycles. The van der Waals surface area contributed by atoms with Crippen molar-refractivity contribution in [2.75, 3.05) is 51.3 Å². The highest BCUT2D eigenvalue weighted by molar-refractivity contribution is 5.99. The van der Waals surface area contributed by atoms with Crippen LogP contribution in [0.1, 0.15) is 53.9 Å². The lowest BCUT2D eigenvalue weighted by Gasteiger charge is -2.37. The quantitative estimate of drug-likeness (QED) is 0.633. The molecule has 1 saturated carbocycles. The number of likely N-dealkylation sites (N-methyl/N-ethyl adjacent to an activating group) is 1. The number of amides is 2. The van der Waals surface area contributed by atoms with Crippen molar-refractivity contribution in [3.8, 4) is 0 Å². The molecule has 4 atom stereocenters. The molecule has 5 rings (SSSR count). The minimum atomic E-state index is -0.894. The normalized spacial score (nSPS) is 28.9. The number of carbonyl (C=O) groups is 3. The number of aliphatic hydroxyl groups is 1. The van der Waals surface area contributed by atoms with Gasteiger partial charge in [-0.3, -0.25) is 14.4 Å². The first-order valence-electron chi connectivity index (χ1n) is 12.8. The standard InChI is InChI=1S/C26H36N4O5/c1-28-9-11-29(12-10-28)17-7-8-18(25(27)33)19(13-17)22(16-5-3-2-4-6-16)26(34)30-14-20(31)24-23(30)21(32)15-35-24/h7-8,13,16,20,22-24,31H,2-6,9-12,14-15H2,1H3,(H2,27,33)/t20-,22+,23-,24-/m1/s1. The lowest BCUT2D eigenvalue weighted by Crippen LogP contribution is -2.46. The molecule has 1 aromatic rings. The largest absolute Gasteiger partial charge is 0.388 e. The van der Waals surface area contributed by atoms with E-state index < -0.39 is 30.1 Å². The number of primary amides is 1. The number of nitrogens with two attached hydrogens (primary N) is 1. The number of hydrogen-bond donors (Lipinski definition) is 2. The molecule has 3 heterocycles. The first kappa shape index (κ1) is 24.2. The van der Waals surface area contributed by atoms with Gasteiger partial charge in [-0.25, -0.2) is 0 Å². The minimum Gasteiger partial charge on any atom is -0.388 e. The number of benzene rings is 1. The summed E-state index contributed by atoms with van der Waals surface area (Å²) in [5.41, 5.74) is 7.80. The Balaban J connectivity index is 1.54. The molecule has 9 nitrogen and oxygen atoms in total. The smallest absolute Gasteiger partial charge is 0.249 e. The van der Waals surface area contributed by atoms with Crippen molar-refractivity contribution in [3.63, 3.8) is 0 Å². The number of ketones is 1. The predicted octanol–water partition coefficient (Wildman–Crippen LogP) is 0.741. The van der Waals surface area contributed by atoms with Crippen molar-refractivity contribution in [3.05, 3.63) is 29.3 Å². The van der Waals surface area contributed by atoms with Crippen LogP contribution in [0.4, 0.5) is 5.69 Å². The van der Waals surface area contributed by atoms with Crippen molar-refractivity contribution in [1.82, 2.24) is 9.80 Å². The SMILES string of the molecule is CN1CCN(c2ccc(C(N)=O)c([C@@H](C(=O)N3C[C@@H](O)[C@H]4OCC(=O)[C@H]43)C3CCCCC3)c2)CC1. The molecular formula is C26H36N4O5. The van der Waals surface area contributed by atoms with E-state index in [0.717, 1.165) is 64.0 Å². The van der Waals surface area contributed by atoms with Gasteiger partial charge in [0.1, 0.15) is 24.9 Å². The highest BCUT2D eigenvalue weighted by atomic mass is 16.5. The van der Waals surface area contributed by atoms with Crippen LogP contribution in [-0.4, -0.2) is 97.1 Å². The van der Waals surface area contributed by atoms with Crippen LogP contribution in [0.15, 0.2) is 18.2 Å². The van der Waals surface area contributed by atoms with Crippen molar-refractivity contribution < 1.29 is 24.2 Å². The van der Waals surface area contributed by atoms with Crippen LogP contribution in [-0.2, 0) is 14.3 Å². The van der Waals surface area contributed by atoms with Gasteiger partial charge in [-0.15, -0.1) is 0 Å². The van der Waals surface area contributed by atoms with E-state index in [4.69, 9.17) is 10.5 Å². The van der Waals surface area contributed by atoms with E-state index in [0.29, 0.717) is 11.1 Å². The summed E-state index contributed by atoms with van der Waals surface area (Å²) in [6.45, 7) is 3.58. The van der Waals surface area contributed by atoms with Gasteiger partial charge in [-0.1, -0.05) is 19.3 Å². The zero-order valence-electron chi connectivity index (χ0n) is 20.4. The second-order valence-electron chi connectivity index (χ2n) is 10.5. The van der Waals surface area contributed by atoms with Gasteiger partial charge in [0.05, 0.1) is 12.5 Å². The van der Waals surface area contributed by atoms with E-state index in [1.165, 1.54) is 4.90 Å². The molecule has 1 aromatic carbocycles. The average molecular weight is 485 g/mol. The fraction of sp³-hybridized carbons (Fsp3) is 0.654. The molecule has 190 valence electrons. The van der Waals surface area contributed by atoms with Gasteiger partial charge in [-0.05, 0) is 49.6 Å². The summed E-state index contributed by atoms with van der Waals surface area (Å²) in [5, 5.41) is 10.5. The second-order valence-corrected chi connectivity index (χ2v) is 10.5. The van der Waals surface area contributed by atoms with E-state index >= 15 is 0 Å². The number of fused-ring (bicyclic) bond motifs is 1. The number of carbonyl (C=O) groups excluding carboxylic acids is 3. The Morgan fingerprint density at radius 2 is 1.83 bits per heavy atom. The maximum absolute atomic E-state index is 14.2. The van der Waals surface area contributed by atoms with E-state index in [2.05, 4.69) is 16.8 Å². The van der Waals surface area contributed by atoms with Crippen LogP contribution in [0.5, 0.6) is 0 Å². The first-order chi connectivity index (χ1) is 16.8. The van der Waals surface area contributed by atoms with Gasteiger partial charge in [0, 0.05) is 37.4 Å². The molecule has 0 unspecified atom stereocenters. The molecule has 4 fully saturated rings. The zero-order chi connectivity index (χ0) is 24.7. The second kappa shape index (κ2) is 9.87. The highest BCUT2D eigenvalue weighted by Gasteiger charge is 2.53. The summed E-state index contributed by atoms with van der Waals surface area (Å²) in [6, 6.07) is 4.88. The number of anilines is 1. The number of Topliss-reactive ketones (excluding diaryl/α,β-unsaturated/α-hetero) is 1. The van der Waals surface area contributed by atoms with Crippen molar-refractivity contribution >= 4 is 23.3 Å². The molecular weight excluding hydrogens is 448 g/mol. The fourth-order valence-corrected chi connectivity index (χ4v) is 6.38. The van der Waals surface area contributed by atoms with Crippen LogP contribution in [0.2, 0.25) is 0 Å². The summed E-state index contributed by atoms with van der Waals surface area (Å²) >= 11 is 0. The van der Waals surface area contributed by atoms with Crippen LogP contribution < -0.4 is 10.6 Å². The maximum Gasteiger partial charge on any atom is 0.249 e. The summed E-state index contributed by atoms with van der Waals surface area (Å²) in [6.07, 6.45) is 3.36. The van der Waals surface area contributed by atoms with Crippen molar-refractivity contribution in [2.24, 2.45) is 11.7 Å². The van der Waals surface area contributed by atoms with E-state index in [1.54, 1.807) is 6.07 Å². The number of hydrogen-bond acceptors (Lipinski definition) is 7. The number of piperazine rings is 1.